The van der Waals surface area contributed by atoms with E-state index in [-0.39, 0.29) is 17.6 Å². The highest BCUT2D eigenvalue weighted by molar-refractivity contribution is 5.94. The normalized spacial score (nSPS) is 12.4. The number of hydrogen-bond donors (Lipinski definition) is 1. The van der Waals surface area contributed by atoms with Gasteiger partial charge in [0.15, 0.2) is 0 Å². The summed E-state index contributed by atoms with van der Waals surface area (Å²) in [4.78, 5) is 17.5. The lowest BCUT2D eigenvalue weighted by Crippen LogP contribution is -2.27. The molecule has 0 radical (unpaired) electrons. The van der Waals surface area contributed by atoms with Gasteiger partial charge < -0.3 is 14.9 Å². The van der Waals surface area contributed by atoms with Crippen LogP contribution in [0.1, 0.15) is 37.8 Å². The average Bonchev–Trinajstić information content (AvgIpc) is 2.62. The van der Waals surface area contributed by atoms with Gasteiger partial charge >= 0.3 is 6.61 Å². The largest absolute Gasteiger partial charge is 0.434 e. The van der Waals surface area contributed by atoms with Gasteiger partial charge in [0, 0.05) is 11.3 Å². The standard InChI is InChI=1S/C20H22F2N2O3/c1-13(2)16-9-5-6-10-17(16)24-19(25)14(3)27-23-12-15-8-4-7-11-18(15)26-20(21)22/h4-14,20H,1-3H3,(H,24,25)/b23-12+. The Morgan fingerprint density at radius 3 is 2.44 bits per heavy atom. The van der Waals surface area contributed by atoms with Crippen molar-refractivity contribution in [3.8, 4) is 5.75 Å². The second-order valence-electron chi connectivity index (χ2n) is 6.13. The number of nitrogens with one attached hydrogen (secondary N) is 1. The molecular formula is C20H22F2N2O3. The van der Waals surface area contributed by atoms with Gasteiger partial charge in [0.05, 0.1) is 6.21 Å². The summed E-state index contributed by atoms with van der Waals surface area (Å²) in [6, 6.07) is 13.7. The predicted octanol–water partition coefficient (Wildman–Crippen LogP) is 4.79. The molecule has 0 aliphatic carbocycles. The second kappa shape index (κ2) is 9.66. The van der Waals surface area contributed by atoms with Crippen LogP contribution in [-0.2, 0) is 9.63 Å². The van der Waals surface area contributed by atoms with Crippen LogP contribution in [0.5, 0.6) is 5.75 Å². The highest BCUT2D eigenvalue weighted by Gasteiger charge is 2.16. The summed E-state index contributed by atoms with van der Waals surface area (Å²) in [7, 11) is 0. The first-order valence-electron chi connectivity index (χ1n) is 8.51. The third-order valence-electron chi connectivity index (χ3n) is 3.76. The summed E-state index contributed by atoms with van der Waals surface area (Å²) in [5.74, 6) is -0.137. The van der Waals surface area contributed by atoms with Gasteiger partial charge in [-0.3, -0.25) is 4.79 Å². The monoisotopic (exact) mass is 376 g/mol. The molecule has 0 aromatic heterocycles. The van der Waals surface area contributed by atoms with E-state index < -0.39 is 12.7 Å². The lowest BCUT2D eigenvalue weighted by molar-refractivity contribution is -0.126. The topological polar surface area (TPSA) is 59.9 Å². The summed E-state index contributed by atoms with van der Waals surface area (Å²) in [6.07, 6.45) is 0.355. The highest BCUT2D eigenvalue weighted by atomic mass is 19.3. The van der Waals surface area contributed by atoms with E-state index in [2.05, 4.69) is 15.2 Å². The summed E-state index contributed by atoms with van der Waals surface area (Å²) >= 11 is 0. The predicted molar refractivity (Wildman–Crippen MR) is 100 cm³/mol. The minimum atomic E-state index is -2.94. The van der Waals surface area contributed by atoms with Crippen molar-refractivity contribution in [1.82, 2.24) is 0 Å². The number of benzene rings is 2. The van der Waals surface area contributed by atoms with Gasteiger partial charge in [-0.25, -0.2) is 0 Å². The Morgan fingerprint density at radius 1 is 1.07 bits per heavy atom. The Balaban J connectivity index is 1.99. The number of rotatable bonds is 8. The van der Waals surface area contributed by atoms with Gasteiger partial charge in [0.1, 0.15) is 5.75 Å². The van der Waals surface area contributed by atoms with Crippen molar-refractivity contribution in [2.24, 2.45) is 5.16 Å². The number of carbonyl (C=O) groups is 1. The van der Waals surface area contributed by atoms with Gasteiger partial charge in [-0.05, 0) is 36.6 Å². The van der Waals surface area contributed by atoms with E-state index in [0.29, 0.717) is 11.3 Å². The molecule has 0 heterocycles. The number of amides is 1. The minimum absolute atomic E-state index is 0.0252. The minimum Gasteiger partial charge on any atom is -0.434 e. The van der Waals surface area contributed by atoms with Crippen molar-refractivity contribution in [2.45, 2.75) is 39.4 Å². The molecule has 2 aromatic rings. The molecular weight excluding hydrogens is 354 g/mol. The molecule has 0 saturated heterocycles. The van der Waals surface area contributed by atoms with Crippen LogP contribution in [-0.4, -0.2) is 24.8 Å². The van der Waals surface area contributed by atoms with Gasteiger partial charge in [-0.2, -0.15) is 8.78 Å². The third-order valence-corrected chi connectivity index (χ3v) is 3.76. The molecule has 0 aliphatic rings. The van der Waals surface area contributed by atoms with E-state index in [1.54, 1.807) is 25.1 Å². The number of oxime groups is 1. The molecule has 0 spiro atoms. The Morgan fingerprint density at radius 2 is 1.74 bits per heavy atom. The third kappa shape index (κ3) is 6.06. The summed E-state index contributed by atoms with van der Waals surface area (Å²) < 4.78 is 29.2. The van der Waals surface area contributed by atoms with Gasteiger partial charge in [0.25, 0.3) is 5.91 Å². The molecule has 144 valence electrons. The van der Waals surface area contributed by atoms with E-state index in [9.17, 15) is 13.6 Å². The van der Waals surface area contributed by atoms with Gasteiger partial charge in [-0.1, -0.05) is 49.3 Å². The summed E-state index contributed by atoms with van der Waals surface area (Å²) in [6.45, 7) is 2.68. The average molecular weight is 376 g/mol. The van der Waals surface area contributed by atoms with Crippen molar-refractivity contribution in [3.63, 3.8) is 0 Å². The van der Waals surface area contributed by atoms with Crippen molar-refractivity contribution in [1.29, 1.82) is 0 Å². The van der Waals surface area contributed by atoms with Crippen LogP contribution in [0.3, 0.4) is 0 Å². The maximum absolute atomic E-state index is 12.4. The lowest BCUT2D eigenvalue weighted by Gasteiger charge is -2.15. The smallest absolute Gasteiger partial charge is 0.387 e. The van der Waals surface area contributed by atoms with E-state index >= 15 is 0 Å². The van der Waals surface area contributed by atoms with E-state index in [4.69, 9.17) is 4.84 Å². The Labute approximate surface area is 157 Å². The van der Waals surface area contributed by atoms with Crippen LogP contribution in [0.2, 0.25) is 0 Å². The molecule has 0 aliphatic heterocycles. The second-order valence-corrected chi connectivity index (χ2v) is 6.13. The zero-order valence-electron chi connectivity index (χ0n) is 15.4. The molecule has 0 saturated carbocycles. The Hall–Kier alpha value is -2.96. The van der Waals surface area contributed by atoms with E-state index in [0.717, 1.165) is 5.56 Å². The van der Waals surface area contributed by atoms with E-state index in [1.807, 2.05) is 38.1 Å². The number of anilines is 1. The SMILES string of the molecule is CC(O/N=C/c1ccccc1OC(F)F)C(=O)Nc1ccccc1C(C)C. The van der Waals surface area contributed by atoms with Crippen LogP contribution in [0.4, 0.5) is 14.5 Å². The van der Waals surface area contributed by atoms with Crippen LogP contribution >= 0.6 is 0 Å². The number of carbonyl (C=O) groups excluding carboxylic acids is 1. The quantitative estimate of drug-likeness (QED) is 0.532. The first kappa shape index (κ1) is 20.4. The number of hydrogen-bond acceptors (Lipinski definition) is 4. The molecule has 0 bridgehead atoms. The zero-order valence-corrected chi connectivity index (χ0v) is 15.4. The van der Waals surface area contributed by atoms with Crippen LogP contribution in [0.25, 0.3) is 0 Å². The molecule has 5 nitrogen and oxygen atoms in total. The number of halogens is 2. The van der Waals surface area contributed by atoms with Crippen molar-refractivity contribution < 1.29 is 23.1 Å². The molecule has 7 heteroatoms. The summed E-state index contributed by atoms with van der Waals surface area (Å²) in [5.41, 5.74) is 2.04. The molecule has 1 amide bonds. The zero-order chi connectivity index (χ0) is 19.8. The number of alkyl halides is 2. The number of para-hydroxylation sites is 2. The van der Waals surface area contributed by atoms with E-state index in [1.165, 1.54) is 12.3 Å². The van der Waals surface area contributed by atoms with Crippen LogP contribution in [0, 0.1) is 0 Å². The fraction of sp³-hybridized carbons (Fsp3) is 0.300. The number of nitrogens with zero attached hydrogens (tertiary/aromatic N) is 1. The fourth-order valence-corrected chi connectivity index (χ4v) is 2.37. The summed E-state index contributed by atoms with van der Waals surface area (Å²) in [5, 5.41) is 6.54. The van der Waals surface area contributed by atoms with Crippen molar-refractivity contribution in [2.75, 3.05) is 5.32 Å². The molecule has 27 heavy (non-hydrogen) atoms. The molecule has 2 aromatic carbocycles. The molecule has 1 unspecified atom stereocenters. The first-order valence-corrected chi connectivity index (χ1v) is 8.51. The number of ether oxygens (including phenoxy) is 1. The van der Waals surface area contributed by atoms with Crippen molar-refractivity contribution >= 4 is 17.8 Å². The fourth-order valence-electron chi connectivity index (χ4n) is 2.37. The maximum Gasteiger partial charge on any atom is 0.387 e. The van der Waals surface area contributed by atoms with Crippen LogP contribution < -0.4 is 10.1 Å². The highest BCUT2D eigenvalue weighted by Crippen LogP contribution is 2.24. The maximum atomic E-state index is 12.4. The molecule has 0 fully saturated rings. The molecule has 1 atom stereocenters. The Kier molecular flexibility index (Phi) is 7.28. The first-order chi connectivity index (χ1) is 12.9. The molecule has 2 rings (SSSR count). The van der Waals surface area contributed by atoms with Crippen molar-refractivity contribution in [3.05, 3.63) is 59.7 Å². The van der Waals surface area contributed by atoms with Gasteiger partial charge in [-0.15, -0.1) is 0 Å². The lowest BCUT2D eigenvalue weighted by atomic mass is 10.0. The Bertz CT molecular complexity index is 794. The molecule has 1 N–H and O–H groups in total. The van der Waals surface area contributed by atoms with Crippen LogP contribution in [0.15, 0.2) is 53.7 Å². The van der Waals surface area contributed by atoms with Gasteiger partial charge in [0.2, 0.25) is 6.10 Å².